The van der Waals surface area contributed by atoms with Gasteiger partial charge in [-0.2, -0.15) is 0 Å². The molecular formula is C13H14N2O5. The molecule has 1 atom stereocenters. The molecule has 7 heteroatoms. The molecule has 1 amide bonds. The maximum absolute atomic E-state index is 11.9. The number of benzene rings is 1. The van der Waals surface area contributed by atoms with E-state index in [-0.39, 0.29) is 5.69 Å². The van der Waals surface area contributed by atoms with Gasteiger partial charge in [0.2, 0.25) is 0 Å². The summed E-state index contributed by atoms with van der Waals surface area (Å²) in [6.45, 7) is 2.24. The number of nitrogens with zero attached hydrogens (tertiary/aromatic N) is 2. The minimum atomic E-state index is -0.582. The van der Waals surface area contributed by atoms with Crippen LogP contribution in [0.2, 0.25) is 0 Å². The van der Waals surface area contributed by atoms with E-state index in [4.69, 9.17) is 9.47 Å². The van der Waals surface area contributed by atoms with Crippen LogP contribution in [-0.2, 0) is 9.47 Å². The number of methoxy groups -OCH3 is 1. The Labute approximate surface area is 115 Å². The van der Waals surface area contributed by atoms with Crippen LogP contribution in [0.3, 0.4) is 0 Å². The third-order valence-electron chi connectivity index (χ3n) is 2.89. The van der Waals surface area contributed by atoms with Crippen LogP contribution in [0.4, 0.5) is 16.2 Å². The Balaban J connectivity index is 2.46. The summed E-state index contributed by atoms with van der Waals surface area (Å²) in [6.07, 6.45) is 2.19. The molecule has 0 aliphatic carbocycles. The van der Waals surface area contributed by atoms with E-state index in [0.717, 1.165) is 0 Å². The van der Waals surface area contributed by atoms with Crippen molar-refractivity contribution in [2.45, 2.75) is 13.2 Å². The molecule has 0 radical (unpaired) electrons. The fourth-order valence-corrected chi connectivity index (χ4v) is 2.02. The molecule has 1 aromatic carbocycles. The number of rotatable bonds is 3. The SMILES string of the molecule is CCOC1C=Cc2cc([N+](=O)[O-])ccc2N1C(=O)OC. The van der Waals surface area contributed by atoms with Crippen molar-refractivity contribution in [2.24, 2.45) is 0 Å². The van der Waals surface area contributed by atoms with Gasteiger partial charge in [0.1, 0.15) is 0 Å². The second kappa shape index (κ2) is 5.70. The molecule has 106 valence electrons. The second-order valence-electron chi connectivity index (χ2n) is 4.05. The van der Waals surface area contributed by atoms with Crippen LogP contribution >= 0.6 is 0 Å². The van der Waals surface area contributed by atoms with E-state index in [2.05, 4.69) is 0 Å². The topological polar surface area (TPSA) is 81.9 Å². The predicted octanol–water partition coefficient (Wildman–Crippen LogP) is 2.56. The van der Waals surface area contributed by atoms with Crippen LogP contribution in [0.25, 0.3) is 6.08 Å². The molecule has 2 rings (SSSR count). The monoisotopic (exact) mass is 278 g/mol. The third kappa shape index (κ3) is 2.48. The molecule has 0 saturated carbocycles. The smallest absolute Gasteiger partial charge is 0.416 e. The average Bonchev–Trinajstić information content (AvgIpc) is 2.46. The Kier molecular flexibility index (Phi) is 3.99. The van der Waals surface area contributed by atoms with E-state index in [1.807, 2.05) is 6.92 Å². The van der Waals surface area contributed by atoms with Gasteiger partial charge in [-0.25, -0.2) is 9.69 Å². The lowest BCUT2D eigenvalue weighted by Gasteiger charge is -2.31. The highest BCUT2D eigenvalue weighted by Crippen LogP contribution is 2.32. The van der Waals surface area contributed by atoms with Gasteiger partial charge in [-0.15, -0.1) is 0 Å². The number of anilines is 1. The van der Waals surface area contributed by atoms with Crippen LogP contribution in [0, 0.1) is 10.1 Å². The number of amides is 1. The van der Waals surface area contributed by atoms with Crippen molar-refractivity contribution in [2.75, 3.05) is 18.6 Å². The van der Waals surface area contributed by atoms with Crippen LogP contribution in [0.1, 0.15) is 12.5 Å². The van der Waals surface area contributed by atoms with E-state index in [1.165, 1.54) is 30.2 Å². The Morgan fingerprint density at radius 1 is 1.50 bits per heavy atom. The van der Waals surface area contributed by atoms with Crippen molar-refractivity contribution < 1.29 is 19.2 Å². The van der Waals surface area contributed by atoms with Gasteiger partial charge in [0.25, 0.3) is 5.69 Å². The quantitative estimate of drug-likeness (QED) is 0.627. The molecule has 0 fully saturated rings. The first-order valence-electron chi connectivity index (χ1n) is 6.04. The van der Waals surface area contributed by atoms with Crippen LogP contribution in [-0.4, -0.2) is 31.0 Å². The number of carbonyl (C=O) groups excluding carboxylic acids is 1. The molecule has 20 heavy (non-hydrogen) atoms. The number of carbonyl (C=O) groups is 1. The standard InChI is InChI=1S/C13H14N2O5/c1-3-20-12-7-4-9-8-10(15(17)18)5-6-11(9)14(12)13(16)19-2/h4-8,12H,3H2,1-2H3. The fraction of sp³-hybridized carbons (Fsp3) is 0.308. The molecule has 0 spiro atoms. The highest BCUT2D eigenvalue weighted by molar-refractivity contribution is 5.93. The predicted molar refractivity (Wildman–Crippen MR) is 72.4 cm³/mol. The first kappa shape index (κ1) is 14.0. The molecular weight excluding hydrogens is 264 g/mol. The highest BCUT2D eigenvalue weighted by atomic mass is 16.6. The number of non-ortho nitro benzene ring substituents is 1. The third-order valence-corrected chi connectivity index (χ3v) is 2.89. The zero-order valence-electron chi connectivity index (χ0n) is 11.1. The first-order chi connectivity index (χ1) is 9.58. The van der Waals surface area contributed by atoms with Crippen molar-refractivity contribution in [1.82, 2.24) is 0 Å². The Bertz CT molecular complexity index is 570. The molecule has 0 aromatic heterocycles. The van der Waals surface area contributed by atoms with Gasteiger partial charge in [-0.05, 0) is 19.1 Å². The fourth-order valence-electron chi connectivity index (χ4n) is 2.02. The molecule has 1 unspecified atom stereocenters. The Morgan fingerprint density at radius 3 is 2.85 bits per heavy atom. The van der Waals surface area contributed by atoms with Gasteiger partial charge in [0.05, 0.1) is 17.7 Å². The molecule has 7 nitrogen and oxygen atoms in total. The number of nitro groups is 1. The first-order valence-corrected chi connectivity index (χ1v) is 6.04. The normalized spacial score (nSPS) is 16.7. The van der Waals surface area contributed by atoms with E-state index < -0.39 is 17.2 Å². The van der Waals surface area contributed by atoms with Crippen LogP contribution in [0.15, 0.2) is 24.3 Å². The molecule has 0 N–H and O–H groups in total. The number of fused-ring (bicyclic) bond motifs is 1. The van der Waals surface area contributed by atoms with Crippen LogP contribution < -0.4 is 4.90 Å². The lowest BCUT2D eigenvalue weighted by molar-refractivity contribution is -0.384. The number of hydrogen-bond acceptors (Lipinski definition) is 5. The molecule has 1 aliphatic heterocycles. The Morgan fingerprint density at radius 2 is 2.25 bits per heavy atom. The van der Waals surface area contributed by atoms with Crippen molar-refractivity contribution in [3.05, 3.63) is 40.0 Å². The van der Waals surface area contributed by atoms with Gasteiger partial charge in [0, 0.05) is 24.3 Å². The summed E-state index contributed by atoms with van der Waals surface area (Å²) < 4.78 is 10.2. The minimum Gasteiger partial charge on any atom is -0.452 e. The van der Waals surface area contributed by atoms with E-state index in [1.54, 1.807) is 12.2 Å². The summed E-state index contributed by atoms with van der Waals surface area (Å²) in [5, 5.41) is 10.8. The molecule has 1 heterocycles. The zero-order valence-corrected chi connectivity index (χ0v) is 11.1. The number of nitro benzene ring substituents is 1. The number of hydrogen-bond donors (Lipinski definition) is 0. The van der Waals surface area contributed by atoms with Crippen molar-refractivity contribution >= 4 is 23.5 Å². The maximum atomic E-state index is 11.9. The van der Waals surface area contributed by atoms with Crippen LogP contribution in [0.5, 0.6) is 0 Å². The zero-order chi connectivity index (χ0) is 14.7. The van der Waals surface area contributed by atoms with Gasteiger partial charge >= 0.3 is 6.09 Å². The van der Waals surface area contributed by atoms with Crippen molar-refractivity contribution in [1.29, 1.82) is 0 Å². The van der Waals surface area contributed by atoms with Gasteiger partial charge in [0.15, 0.2) is 6.23 Å². The summed E-state index contributed by atoms with van der Waals surface area (Å²) in [5.41, 5.74) is 1.05. The second-order valence-corrected chi connectivity index (χ2v) is 4.05. The molecule has 0 bridgehead atoms. The lowest BCUT2D eigenvalue weighted by atomic mass is 10.1. The maximum Gasteiger partial charge on any atom is 0.416 e. The summed E-state index contributed by atoms with van der Waals surface area (Å²) in [7, 11) is 1.27. The summed E-state index contributed by atoms with van der Waals surface area (Å²) in [5.74, 6) is 0. The van der Waals surface area contributed by atoms with E-state index in [9.17, 15) is 14.9 Å². The largest absolute Gasteiger partial charge is 0.452 e. The molecule has 1 aliphatic rings. The summed E-state index contributed by atoms with van der Waals surface area (Å²) in [4.78, 5) is 23.5. The van der Waals surface area contributed by atoms with Crippen molar-refractivity contribution in [3.8, 4) is 0 Å². The highest BCUT2D eigenvalue weighted by Gasteiger charge is 2.30. The van der Waals surface area contributed by atoms with Crippen molar-refractivity contribution in [3.63, 3.8) is 0 Å². The lowest BCUT2D eigenvalue weighted by Crippen LogP contribution is -2.42. The van der Waals surface area contributed by atoms with Gasteiger partial charge in [-0.1, -0.05) is 6.08 Å². The van der Waals surface area contributed by atoms with E-state index in [0.29, 0.717) is 17.9 Å². The summed E-state index contributed by atoms with van der Waals surface area (Å²) in [6, 6.07) is 4.26. The average molecular weight is 278 g/mol. The Hall–Kier alpha value is -2.41. The summed E-state index contributed by atoms with van der Waals surface area (Å²) >= 11 is 0. The van der Waals surface area contributed by atoms with Gasteiger partial charge < -0.3 is 9.47 Å². The van der Waals surface area contributed by atoms with Gasteiger partial charge in [-0.3, -0.25) is 10.1 Å². The number of ether oxygens (including phenoxy) is 2. The molecule has 1 aromatic rings. The van der Waals surface area contributed by atoms with E-state index >= 15 is 0 Å². The molecule has 0 saturated heterocycles. The minimum absolute atomic E-state index is 0.0342.